The van der Waals surface area contributed by atoms with E-state index in [1.54, 1.807) is 6.07 Å². The van der Waals surface area contributed by atoms with E-state index in [-0.39, 0.29) is 0 Å². The Morgan fingerprint density at radius 1 is 1.19 bits per heavy atom. The lowest BCUT2D eigenvalue weighted by Gasteiger charge is -2.37. The van der Waals surface area contributed by atoms with Crippen molar-refractivity contribution in [2.45, 2.75) is 13.1 Å². The van der Waals surface area contributed by atoms with E-state index in [2.05, 4.69) is 11.8 Å². The van der Waals surface area contributed by atoms with Crippen LogP contribution in [0.1, 0.15) is 12.5 Å². The highest BCUT2D eigenvalue weighted by molar-refractivity contribution is 5.49. The SMILES string of the molecule is CC(CN)CN1CCN(c2cccc(C(F)(F)F)c2)CC1. The molecule has 0 radical (unpaired) electrons. The van der Waals surface area contributed by atoms with Gasteiger partial charge in [0.25, 0.3) is 0 Å². The van der Waals surface area contributed by atoms with E-state index < -0.39 is 11.7 Å². The summed E-state index contributed by atoms with van der Waals surface area (Å²) in [6.07, 6.45) is -4.28. The second-order valence-electron chi connectivity index (χ2n) is 5.68. The molecular formula is C15H22F3N3. The van der Waals surface area contributed by atoms with Crippen molar-refractivity contribution < 1.29 is 13.2 Å². The molecule has 0 aliphatic carbocycles. The van der Waals surface area contributed by atoms with Crippen LogP contribution in [-0.2, 0) is 6.18 Å². The molecule has 1 fully saturated rings. The van der Waals surface area contributed by atoms with Crippen molar-refractivity contribution in [1.29, 1.82) is 0 Å². The predicted octanol–water partition coefficient (Wildman–Crippen LogP) is 2.42. The smallest absolute Gasteiger partial charge is 0.369 e. The monoisotopic (exact) mass is 301 g/mol. The van der Waals surface area contributed by atoms with E-state index in [0.29, 0.717) is 18.2 Å². The summed E-state index contributed by atoms with van der Waals surface area (Å²) in [7, 11) is 0. The van der Waals surface area contributed by atoms with Crippen LogP contribution in [-0.4, -0.2) is 44.2 Å². The van der Waals surface area contributed by atoms with Crippen molar-refractivity contribution in [3.05, 3.63) is 29.8 Å². The Morgan fingerprint density at radius 3 is 2.43 bits per heavy atom. The minimum atomic E-state index is -4.28. The first-order valence-electron chi connectivity index (χ1n) is 7.25. The molecule has 1 aromatic carbocycles. The zero-order valence-corrected chi connectivity index (χ0v) is 12.2. The molecule has 1 atom stereocenters. The van der Waals surface area contributed by atoms with E-state index in [4.69, 9.17) is 5.73 Å². The van der Waals surface area contributed by atoms with Gasteiger partial charge in [-0.2, -0.15) is 13.2 Å². The molecule has 1 aliphatic rings. The number of nitrogens with zero attached hydrogens (tertiary/aromatic N) is 2. The van der Waals surface area contributed by atoms with Crippen molar-refractivity contribution in [2.75, 3.05) is 44.2 Å². The third kappa shape index (κ3) is 4.35. The molecule has 0 aromatic heterocycles. The number of benzene rings is 1. The number of hydrogen-bond donors (Lipinski definition) is 1. The molecular weight excluding hydrogens is 279 g/mol. The quantitative estimate of drug-likeness (QED) is 0.927. The van der Waals surface area contributed by atoms with Gasteiger partial charge in [0, 0.05) is 38.4 Å². The first-order chi connectivity index (χ1) is 9.90. The Balaban J connectivity index is 1.96. The van der Waals surface area contributed by atoms with Gasteiger partial charge in [-0.3, -0.25) is 4.90 Å². The molecule has 6 heteroatoms. The van der Waals surface area contributed by atoms with Gasteiger partial charge in [0.05, 0.1) is 5.56 Å². The van der Waals surface area contributed by atoms with Crippen molar-refractivity contribution in [3.8, 4) is 0 Å². The Kier molecular flexibility index (Phi) is 5.11. The van der Waals surface area contributed by atoms with E-state index in [1.807, 2.05) is 4.90 Å². The van der Waals surface area contributed by atoms with E-state index in [0.717, 1.165) is 38.8 Å². The molecule has 21 heavy (non-hydrogen) atoms. The second-order valence-corrected chi connectivity index (χ2v) is 5.68. The van der Waals surface area contributed by atoms with Gasteiger partial charge in [0.1, 0.15) is 0 Å². The van der Waals surface area contributed by atoms with Gasteiger partial charge in [-0.05, 0) is 30.7 Å². The van der Waals surface area contributed by atoms with Gasteiger partial charge in [-0.25, -0.2) is 0 Å². The van der Waals surface area contributed by atoms with E-state index in [1.165, 1.54) is 12.1 Å². The largest absolute Gasteiger partial charge is 0.416 e. The third-order valence-electron chi connectivity index (χ3n) is 3.88. The highest BCUT2D eigenvalue weighted by Crippen LogP contribution is 2.31. The van der Waals surface area contributed by atoms with Crippen molar-refractivity contribution >= 4 is 5.69 Å². The lowest BCUT2D eigenvalue weighted by atomic mass is 10.1. The van der Waals surface area contributed by atoms with Crippen molar-refractivity contribution in [2.24, 2.45) is 11.7 Å². The maximum atomic E-state index is 12.7. The number of halogens is 3. The molecule has 1 unspecified atom stereocenters. The summed E-state index contributed by atoms with van der Waals surface area (Å²) in [5.41, 5.74) is 5.69. The van der Waals surface area contributed by atoms with Crippen LogP contribution >= 0.6 is 0 Å². The molecule has 0 amide bonds. The van der Waals surface area contributed by atoms with Crippen LogP contribution in [0.15, 0.2) is 24.3 Å². The average molecular weight is 301 g/mol. The Bertz CT molecular complexity index is 454. The molecule has 1 aliphatic heterocycles. The van der Waals surface area contributed by atoms with Crippen LogP contribution in [0.3, 0.4) is 0 Å². The van der Waals surface area contributed by atoms with Crippen LogP contribution in [0.2, 0.25) is 0 Å². The molecule has 3 nitrogen and oxygen atoms in total. The predicted molar refractivity (Wildman–Crippen MR) is 78.3 cm³/mol. The lowest BCUT2D eigenvalue weighted by molar-refractivity contribution is -0.137. The summed E-state index contributed by atoms with van der Waals surface area (Å²) in [5.74, 6) is 0.449. The van der Waals surface area contributed by atoms with Gasteiger partial charge < -0.3 is 10.6 Å². The van der Waals surface area contributed by atoms with Gasteiger partial charge in [-0.15, -0.1) is 0 Å². The summed E-state index contributed by atoms with van der Waals surface area (Å²) < 4.78 is 38.2. The zero-order chi connectivity index (χ0) is 15.5. The summed E-state index contributed by atoms with van der Waals surface area (Å²) in [6, 6.07) is 5.56. The third-order valence-corrected chi connectivity index (χ3v) is 3.88. The number of nitrogens with two attached hydrogens (primary N) is 1. The number of anilines is 1. The van der Waals surface area contributed by atoms with E-state index in [9.17, 15) is 13.2 Å². The number of hydrogen-bond acceptors (Lipinski definition) is 3. The summed E-state index contributed by atoms with van der Waals surface area (Å²) >= 11 is 0. The van der Waals surface area contributed by atoms with Gasteiger partial charge in [0.15, 0.2) is 0 Å². The Hall–Kier alpha value is -1.27. The van der Waals surface area contributed by atoms with Crippen LogP contribution in [0.25, 0.3) is 0 Å². The van der Waals surface area contributed by atoms with E-state index >= 15 is 0 Å². The standard InChI is InChI=1S/C15H22F3N3/c1-12(10-19)11-20-5-7-21(8-6-20)14-4-2-3-13(9-14)15(16,17)18/h2-4,9,12H,5-8,10-11,19H2,1H3. The highest BCUT2D eigenvalue weighted by atomic mass is 19.4. The maximum absolute atomic E-state index is 12.7. The fraction of sp³-hybridized carbons (Fsp3) is 0.600. The lowest BCUT2D eigenvalue weighted by Crippen LogP contribution is -2.48. The van der Waals surface area contributed by atoms with Gasteiger partial charge in [0.2, 0.25) is 0 Å². The van der Waals surface area contributed by atoms with Crippen LogP contribution in [0, 0.1) is 5.92 Å². The fourth-order valence-corrected chi connectivity index (χ4v) is 2.58. The zero-order valence-electron chi connectivity index (χ0n) is 12.2. The topological polar surface area (TPSA) is 32.5 Å². The number of rotatable bonds is 4. The number of alkyl halides is 3. The molecule has 118 valence electrons. The first-order valence-corrected chi connectivity index (χ1v) is 7.25. The second kappa shape index (κ2) is 6.66. The van der Waals surface area contributed by atoms with Gasteiger partial charge in [-0.1, -0.05) is 13.0 Å². The van der Waals surface area contributed by atoms with Crippen molar-refractivity contribution in [1.82, 2.24) is 4.90 Å². The summed E-state index contributed by atoms with van der Waals surface area (Å²) in [6.45, 7) is 6.94. The van der Waals surface area contributed by atoms with Crippen LogP contribution < -0.4 is 10.6 Å². The molecule has 0 saturated carbocycles. The molecule has 0 spiro atoms. The van der Waals surface area contributed by atoms with Crippen LogP contribution in [0.4, 0.5) is 18.9 Å². The Labute approximate surface area is 123 Å². The molecule has 1 aromatic rings. The van der Waals surface area contributed by atoms with Crippen molar-refractivity contribution in [3.63, 3.8) is 0 Å². The molecule has 0 bridgehead atoms. The number of piperazine rings is 1. The minimum absolute atomic E-state index is 0.449. The average Bonchev–Trinajstić information content (AvgIpc) is 2.47. The van der Waals surface area contributed by atoms with Gasteiger partial charge >= 0.3 is 6.18 Å². The fourth-order valence-electron chi connectivity index (χ4n) is 2.58. The highest BCUT2D eigenvalue weighted by Gasteiger charge is 2.31. The minimum Gasteiger partial charge on any atom is -0.369 e. The molecule has 2 N–H and O–H groups in total. The maximum Gasteiger partial charge on any atom is 0.416 e. The Morgan fingerprint density at radius 2 is 1.86 bits per heavy atom. The summed E-state index contributed by atoms with van der Waals surface area (Å²) in [4.78, 5) is 4.33. The molecule has 1 heterocycles. The first kappa shape index (κ1) is 16.1. The normalized spacial score (nSPS) is 18.8. The molecule has 1 saturated heterocycles. The summed E-state index contributed by atoms with van der Waals surface area (Å²) in [5, 5.41) is 0. The molecule has 2 rings (SSSR count). The van der Waals surface area contributed by atoms with Crippen LogP contribution in [0.5, 0.6) is 0 Å².